The van der Waals surface area contributed by atoms with Crippen LogP contribution in [0.5, 0.6) is 5.75 Å². The van der Waals surface area contributed by atoms with Crippen molar-refractivity contribution in [1.82, 2.24) is 10.2 Å². The third kappa shape index (κ3) is 2.92. The fraction of sp³-hybridized carbons (Fsp3) is 0.500. The third-order valence-corrected chi connectivity index (χ3v) is 3.93. The first kappa shape index (κ1) is 14.3. The Bertz CT molecular complexity index is 488. The molecule has 0 unspecified atom stereocenters. The van der Waals surface area contributed by atoms with Crippen molar-refractivity contribution in [3.05, 3.63) is 28.2 Å². The van der Waals surface area contributed by atoms with Crippen molar-refractivity contribution in [2.75, 3.05) is 26.7 Å². The summed E-state index contributed by atoms with van der Waals surface area (Å²) in [5, 5.41) is 3.32. The first-order valence-electron chi connectivity index (χ1n) is 6.32. The van der Waals surface area contributed by atoms with Crippen LogP contribution in [0.2, 0.25) is 0 Å². The number of amides is 1. The van der Waals surface area contributed by atoms with E-state index in [9.17, 15) is 4.79 Å². The fourth-order valence-electron chi connectivity index (χ4n) is 2.35. The SMILES string of the molecule is COc1cc(Br)ccc1C(=O)N1CCNCC1(C)C. The van der Waals surface area contributed by atoms with Crippen molar-refractivity contribution in [1.29, 1.82) is 0 Å². The monoisotopic (exact) mass is 326 g/mol. The molecule has 1 aliphatic heterocycles. The number of halogens is 1. The molecule has 0 bridgehead atoms. The Morgan fingerprint density at radius 2 is 2.21 bits per heavy atom. The van der Waals surface area contributed by atoms with Crippen molar-refractivity contribution in [3.8, 4) is 5.75 Å². The van der Waals surface area contributed by atoms with E-state index in [1.165, 1.54) is 0 Å². The summed E-state index contributed by atoms with van der Waals surface area (Å²) in [6, 6.07) is 5.50. The van der Waals surface area contributed by atoms with E-state index in [0.717, 1.165) is 17.6 Å². The van der Waals surface area contributed by atoms with E-state index in [-0.39, 0.29) is 11.4 Å². The summed E-state index contributed by atoms with van der Waals surface area (Å²) in [4.78, 5) is 14.6. The molecule has 0 atom stereocenters. The minimum absolute atomic E-state index is 0.0239. The van der Waals surface area contributed by atoms with Gasteiger partial charge in [0.15, 0.2) is 0 Å². The topological polar surface area (TPSA) is 41.6 Å². The van der Waals surface area contributed by atoms with Gasteiger partial charge >= 0.3 is 0 Å². The lowest BCUT2D eigenvalue weighted by atomic mass is 9.98. The van der Waals surface area contributed by atoms with Crippen LogP contribution < -0.4 is 10.1 Å². The number of hydrogen-bond acceptors (Lipinski definition) is 3. The van der Waals surface area contributed by atoms with Gasteiger partial charge in [-0.2, -0.15) is 0 Å². The van der Waals surface area contributed by atoms with Crippen LogP contribution >= 0.6 is 15.9 Å². The molecule has 5 heteroatoms. The lowest BCUT2D eigenvalue weighted by molar-refractivity contribution is 0.0474. The maximum atomic E-state index is 12.7. The summed E-state index contributed by atoms with van der Waals surface area (Å²) < 4.78 is 6.22. The largest absolute Gasteiger partial charge is 0.496 e. The number of carbonyl (C=O) groups is 1. The van der Waals surface area contributed by atoms with Crippen molar-refractivity contribution in [2.24, 2.45) is 0 Å². The van der Waals surface area contributed by atoms with Crippen LogP contribution in [0.4, 0.5) is 0 Å². The van der Waals surface area contributed by atoms with Crippen LogP contribution in [-0.4, -0.2) is 43.1 Å². The standard InChI is InChI=1S/C14H19BrN2O2/c1-14(2)9-16-6-7-17(14)13(18)11-5-4-10(15)8-12(11)19-3/h4-5,8,16H,6-7,9H2,1-3H3. The molecule has 0 saturated carbocycles. The summed E-state index contributed by atoms with van der Waals surface area (Å²) in [7, 11) is 1.58. The molecule has 1 N–H and O–H groups in total. The van der Waals surface area contributed by atoms with Gasteiger partial charge < -0.3 is 15.0 Å². The normalized spacial score (nSPS) is 18.2. The number of rotatable bonds is 2. The molecule has 2 rings (SSSR count). The highest BCUT2D eigenvalue weighted by molar-refractivity contribution is 9.10. The van der Waals surface area contributed by atoms with Gasteiger partial charge in [-0.3, -0.25) is 4.79 Å². The molecule has 1 fully saturated rings. The fourth-order valence-corrected chi connectivity index (χ4v) is 2.69. The van der Waals surface area contributed by atoms with E-state index >= 15 is 0 Å². The van der Waals surface area contributed by atoms with Crippen LogP contribution in [0.3, 0.4) is 0 Å². The molecule has 0 radical (unpaired) electrons. The lowest BCUT2D eigenvalue weighted by Crippen LogP contribution is -2.59. The predicted octanol–water partition coefficient (Wildman–Crippen LogP) is 2.28. The van der Waals surface area contributed by atoms with Crippen molar-refractivity contribution in [3.63, 3.8) is 0 Å². The summed E-state index contributed by atoms with van der Waals surface area (Å²) in [6.45, 7) is 6.49. The highest BCUT2D eigenvalue weighted by atomic mass is 79.9. The maximum absolute atomic E-state index is 12.7. The Morgan fingerprint density at radius 3 is 2.84 bits per heavy atom. The molecular formula is C14H19BrN2O2. The van der Waals surface area contributed by atoms with Crippen LogP contribution in [-0.2, 0) is 0 Å². The highest BCUT2D eigenvalue weighted by Crippen LogP contribution is 2.27. The number of piperazine rings is 1. The summed E-state index contributed by atoms with van der Waals surface area (Å²) in [5.41, 5.74) is 0.425. The molecule has 1 saturated heterocycles. The van der Waals surface area contributed by atoms with Gasteiger partial charge in [0, 0.05) is 24.1 Å². The molecule has 1 heterocycles. The van der Waals surface area contributed by atoms with E-state index < -0.39 is 0 Å². The lowest BCUT2D eigenvalue weighted by Gasteiger charge is -2.43. The molecule has 0 spiro atoms. The average Bonchev–Trinajstić information content (AvgIpc) is 2.37. The first-order valence-corrected chi connectivity index (χ1v) is 7.11. The van der Waals surface area contributed by atoms with Crippen molar-refractivity contribution >= 4 is 21.8 Å². The van der Waals surface area contributed by atoms with Crippen molar-refractivity contribution < 1.29 is 9.53 Å². The minimum atomic E-state index is -0.187. The Balaban J connectivity index is 2.33. The Hall–Kier alpha value is -1.07. The third-order valence-electron chi connectivity index (χ3n) is 3.44. The van der Waals surface area contributed by atoms with Gasteiger partial charge in [-0.15, -0.1) is 0 Å². The molecule has 19 heavy (non-hydrogen) atoms. The van der Waals surface area contributed by atoms with Gasteiger partial charge in [-0.1, -0.05) is 15.9 Å². The van der Waals surface area contributed by atoms with E-state index in [2.05, 4.69) is 35.1 Å². The second-order valence-corrected chi connectivity index (χ2v) is 6.21. The molecule has 0 aromatic heterocycles. The van der Waals surface area contributed by atoms with Gasteiger partial charge in [0.2, 0.25) is 0 Å². The molecule has 0 aliphatic carbocycles. The summed E-state index contributed by atoms with van der Waals surface area (Å²) in [5.74, 6) is 0.629. The zero-order valence-electron chi connectivity index (χ0n) is 11.5. The zero-order chi connectivity index (χ0) is 14.0. The number of benzene rings is 1. The first-order chi connectivity index (χ1) is 8.95. The van der Waals surface area contributed by atoms with E-state index in [0.29, 0.717) is 17.9 Å². The van der Waals surface area contributed by atoms with E-state index in [1.807, 2.05) is 23.1 Å². The Labute approximate surface area is 122 Å². The summed E-state index contributed by atoms with van der Waals surface area (Å²) >= 11 is 3.39. The van der Waals surface area contributed by atoms with Crippen LogP contribution in [0.1, 0.15) is 24.2 Å². The minimum Gasteiger partial charge on any atom is -0.496 e. The van der Waals surface area contributed by atoms with Crippen LogP contribution in [0, 0.1) is 0 Å². The number of carbonyl (C=O) groups excluding carboxylic acids is 1. The zero-order valence-corrected chi connectivity index (χ0v) is 13.1. The summed E-state index contributed by atoms with van der Waals surface area (Å²) in [6.07, 6.45) is 0. The van der Waals surface area contributed by atoms with Gasteiger partial charge in [0.25, 0.3) is 5.91 Å². The molecule has 1 amide bonds. The molecular weight excluding hydrogens is 308 g/mol. The molecule has 1 aromatic rings. The second-order valence-electron chi connectivity index (χ2n) is 5.29. The maximum Gasteiger partial charge on any atom is 0.258 e. The van der Waals surface area contributed by atoms with E-state index in [4.69, 9.17) is 4.74 Å². The molecule has 1 aromatic carbocycles. The van der Waals surface area contributed by atoms with Gasteiger partial charge in [-0.25, -0.2) is 0 Å². The average molecular weight is 327 g/mol. The van der Waals surface area contributed by atoms with Crippen molar-refractivity contribution in [2.45, 2.75) is 19.4 Å². The van der Waals surface area contributed by atoms with Gasteiger partial charge in [0.05, 0.1) is 18.2 Å². The highest BCUT2D eigenvalue weighted by Gasteiger charge is 2.34. The second kappa shape index (κ2) is 5.51. The number of nitrogens with one attached hydrogen (secondary N) is 1. The number of hydrogen-bond donors (Lipinski definition) is 1. The molecule has 104 valence electrons. The van der Waals surface area contributed by atoms with Crippen LogP contribution in [0.25, 0.3) is 0 Å². The van der Waals surface area contributed by atoms with Gasteiger partial charge in [0.1, 0.15) is 5.75 Å². The number of methoxy groups -OCH3 is 1. The molecule has 1 aliphatic rings. The smallest absolute Gasteiger partial charge is 0.258 e. The van der Waals surface area contributed by atoms with Crippen LogP contribution in [0.15, 0.2) is 22.7 Å². The Kier molecular flexibility index (Phi) is 4.16. The predicted molar refractivity (Wildman–Crippen MR) is 78.7 cm³/mol. The Morgan fingerprint density at radius 1 is 1.47 bits per heavy atom. The number of nitrogens with zero attached hydrogens (tertiary/aromatic N) is 1. The molecule has 4 nitrogen and oxygen atoms in total. The van der Waals surface area contributed by atoms with E-state index in [1.54, 1.807) is 7.11 Å². The quantitative estimate of drug-likeness (QED) is 0.906. The number of ether oxygens (including phenoxy) is 1. The van der Waals surface area contributed by atoms with Gasteiger partial charge in [-0.05, 0) is 32.0 Å².